The van der Waals surface area contributed by atoms with Crippen molar-refractivity contribution in [2.45, 2.75) is 25.5 Å². The lowest BCUT2D eigenvalue weighted by atomic mass is 10.1. The SMILES string of the molecule is COc1ccc2c(C)c(C(=O)N[C@@H]3CCOC[C@H]3OCC(=O)O)oc2c1. The molecule has 2 aromatic rings. The van der Waals surface area contributed by atoms with Gasteiger partial charge in [-0.1, -0.05) is 0 Å². The number of carbonyl (C=O) groups excluding carboxylic acids is 1. The van der Waals surface area contributed by atoms with Crippen LogP contribution in [0.25, 0.3) is 11.0 Å². The van der Waals surface area contributed by atoms with Gasteiger partial charge < -0.3 is 29.1 Å². The molecule has 1 saturated heterocycles. The van der Waals surface area contributed by atoms with Crippen LogP contribution in [-0.4, -0.2) is 56.1 Å². The molecular formula is C18H21NO7. The third-order valence-electron chi connectivity index (χ3n) is 4.39. The summed E-state index contributed by atoms with van der Waals surface area (Å²) in [5, 5.41) is 12.5. The lowest BCUT2D eigenvalue weighted by molar-refractivity contribution is -0.148. The van der Waals surface area contributed by atoms with Gasteiger partial charge in [-0.2, -0.15) is 0 Å². The van der Waals surface area contributed by atoms with E-state index in [2.05, 4.69) is 5.32 Å². The summed E-state index contributed by atoms with van der Waals surface area (Å²) in [7, 11) is 1.56. The summed E-state index contributed by atoms with van der Waals surface area (Å²) >= 11 is 0. The summed E-state index contributed by atoms with van der Waals surface area (Å²) in [5.74, 6) is -0.572. The molecule has 1 fully saturated rings. The predicted molar refractivity (Wildman–Crippen MR) is 91.6 cm³/mol. The van der Waals surface area contributed by atoms with Gasteiger partial charge in [-0.15, -0.1) is 0 Å². The van der Waals surface area contributed by atoms with Gasteiger partial charge >= 0.3 is 5.97 Å². The fraction of sp³-hybridized carbons (Fsp3) is 0.444. The molecule has 8 nitrogen and oxygen atoms in total. The minimum absolute atomic E-state index is 0.219. The molecule has 1 aliphatic rings. The Labute approximate surface area is 150 Å². The Morgan fingerprint density at radius 3 is 2.92 bits per heavy atom. The highest BCUT2D eigenvalue weighted by Gasteiger charge is 2.30. The Bertz CT molecular complexity index is 813. The normalized spacial score (nSPS) is 20.1. The number of carboxylic acid groups (broad SMARTS) is 1. The van der Waals surface area contributed by atoms with Gasteiger partial charge in [0.25, 0.3) is 5.91 Å². The van der Waals surface area contributed by atoms with Crippen molar-refractivity contribution in [3.05, 3.63) is 29.5 Å². The zero-order valence-electron chi connectivity index (χ0n) is 14.6. The first-order chi connectivity index (χ1) is 12.5. The van der Waals surface area contributed by atoms with Crippen LogP contribution in [0.1, 0.15) is 22.5 Å². The monoisotopic (exact) mass is 363 g/mol. The molecule has 1 amide bonds. The molecular weight excluding hydrogens is 342 g/mol. The topological polar surface area (TPSA) is 107 Å². The number of rotatable bonds is 6. The smallest absolute Gasteiger partial charge is 0.329 e. The third-order valence-corrected chi connectivity index (χ3v) is 4.39. The molecule has 3 rings (SSSR count). The van der Waals surface area contributed by atoms with Crippen LogP contribution in [0.5, 0.6) is 5.75 Å². The first-order valence-electron chi connectivity index (χ1n) is 8.28. The average Bonchev–Trinajstić information content (AvgIpc) is 2.97. The number of carbonyl (C=O) groups is 2. The second-order valence-corrected chi connectivity index (χ2v) is 6.11. The van der Waals surface area contributed by atoms with Crippen LogP contribution < -0.4 is 10.1 Å². The van der Waals surface area contributed by atoms with Crippen molar-refractivity contribution in [1.29, 1.82) is 0 Å². The van der Waals surface area contributed by atoms with Crippen LogP contribution in [0.3, 0.4) is 0 Å². The maximum atomic E-state index is 12.7. The van der Waals surface area contributed by atoms with E-state index in [0.717, 1.165) is 10.9 Å². The second-order valence-electron chi connectivity index (χ2n) is 6.11. The predicted octanol–water partition coefficient (Wildman–Crippen LogP) is 1.74. The van der Waals surface area contributed by atoms with Gasteiger partial charge in [0.1, 0.15) is 24.0 Å². The lowest BCUT2D eigenvalue weighted by Crippen LogP contribution is -2.50. The number of hydrogen-bond acceptors (Lipinski definition) is 6. The quantitative estimate of drug-likeness (QED) is 0.805. The minimum Gasteiger partial charge on any atom is -0.497 e. The Morgan fingerprint density at radius 2 is 2.19 bits per heavy atom. The van der Waals surface area contributed by atoms with Gasteiger partial charge in [-0.3, -0.25) is 4.79 Å². The molecule has 0 bridgehead atoms. The van der Waals surface area contributed by atoms with E-state index in [1.165, 1.54) is 0 Å². The highest BCUT2D eigenvalue weighted by atomic mass is 16.5. The van der Waals surface area contributed by atoms with E-state index in [-0.39, 0.29) is 24.3 Å². The first-order valence-corrected chi connectivity index (χ1v) is 8.28. The van der Waals surface area contributed by atoms with E-state index in [0.29, 0.717) is 24.4 Å². The molecule has 2 heterocycles. The average molecular weight is 363 g/mol. The summed E-state index contributed by atoms with van der Waals surface area (Å²) in [4.78, 5) is 23.4. The van der Waals surface area contributed by atoms with Crippen molar-refractivity contribution in [1.82, 2.24) is 5.32 Å². The van der Waals surface area contributed by atoms with Crippen LogP contribution in [0.4, 0.5) is 0 Å². The molecule has 26 heavy (non-hydrogen) atoms. The highest BCUT2D eigenvalue weighted by Crippen LogP contribution is 2.28. The van der Waals surface area contributed by atoms with Gasteiger partial charge in [0.2, 0.25) is 0 Å². The number of fused-ring (bicyclic) bond motifs is 1. The van der Waals surface area contributed by atoms with Crippen LogP contribution in [0.2, 0.25) is 0 Å². The third kappa shape index (κ3) is 3.81. The number of methoxy groups -OCH3 is 1. The first kappa shape index (κ1) is 18.2. The summed E-state index contributed by atoms with van der Waals surface area (Å²) in [6.07, 6.45) is 0.0110. The zero-order valence-corrected chi connectivity index (χ0v) is 14.6. The van der Waals surface area contributed by atoms with Crippen LogP contribution >= 0.6 is 0 Å². The van der Waals surface area contributed by atoms with Crippen LogP contribution in [-0.2, 0) is 14.3 Å². The summed E-state index contributed by atoms with van der Waals surface area (Å²) < 4.78 is 21.5. The number of benzene rings is 1. The molecule has 2 N–H and O–H groups in total. The van der Waals surface area contributed by atoms with Crippen molar-refractivity contribution >= 4 is 22.8 Å². The van der Waals surface area contributed by atoms with Gasteiger partial charge in [-0.25, -0.2) is 4.79 Å². The minimum atomic E-state index is -1.07. The van der Waals surface area contributed by atoms with E-state index in [1.807, 2.05) is 13.0 Å². The molecule has 0 aliphatic carbocycles. The number of furan rings is 1. The van der Waals surface area contributed by atoms with Gasteiger partial charge in [-0.05, 0) is 25.5 Å². The fourth-order valence-electron chi connectivity index (χ4n) is 3.00. The standard InChI is InChI=1S/C18H21NO7/c1-10-12-4-3-11(23-2)7-14(12)26-17(10)18(22)19-13-5-6-24-8-15(13)25-9-16(20)21/h3-4,7,13,15H,5-6,8-9H2,1-2H3,(H,19,22)(H,20,21)/t13-,15-/m1/s1. The van der Waals surface area contributed by atoms with Crippen molar-refractivity contribution in [2.24, 2.45) is 0 Å². The van der Waals surface area contributed by atoms with Crippen LogP contribution in [0, 0.1) is 6.92 Å². The molecule has 1 aromatic carbocycles. The van der Waals surface area contributed by atoms with Gasteiger partial charge in [0.15, 0.2) is 5.76 Å². The van der Waals surface area contributed by atoms with Crippen molar-refractivity contribution in [2.75, 3.05) is 26.9 Å². The Morgan fingerprint density at radius 1 is 1.38 bits per heavy atom. The summed E-state index contributed by atoms with van der Waals surface area (Å²) in [6.45, 7) is 2.07. The molecule has 0 spiro atoms. The van der Waals surface area contributed by atoms with Gasteiger partial charge in [0, 0.05) is 23.6 Å². The summed E-state index contributed by atoms with van der Waals surface area (Å²) in [5.41, 5.74) is 1.30. The van der Waals surface area contributed by atoms with Crippen molar-refractivity contribution < 1.29 is 33.3 Å². The zero-order chi connectivity index (χ0) is 18.7. The van der Waals surface area contributed by atoms with E-state index in [4.69, 9.17) is 23.7 Å². The molecule has 0 saturated carbocycles. The largest absolute Gasteiger partial charge is 0.497 e. The lowest BCUT2D eigenvalue weighted by Gasteiger charge is -2.31. The Kier molecular flexibility index (Phi) is 5.43. The highest BCUT2D eigenvalue weighted by molar-refractivity contribution is 5.99. The van der Waals surface area contributed by atoms with E-state index < -0.39 is 18.7 Å². The van der Waals surface area contributed by atoms with E-state index >= 15 is 0 Å². The molecule has 1 aromatic heterocycles. The second kappa shape index (κ2) is 7.76. The van der Waals surface area contributed by atoms with Crippen molar-refractivity contribution in [3.8, 4) is 5.75 Å². The number of aryl methyl sites for hydroxylation is 1. The van der Waals surface area contributed by atoms with E-state index in [1.54, 1.807) is 19.2 Å². The number of carboxylic acids is 1. The van der Waals surface area contributed by atoms with E-state index in [9.17, 15) is 9.59 Å². The number of amides is 1. The number of hydrogen-bond donors (Lipinski definition) is 2. The molecule has 0 radical (unpaired) electrons. The maximum absolute atomic E-state index is 12.7. The molecule has 0 unspecified atom stereocenters. The summed E-state index contributed by atoms with van der Waals surface area (Å²) in [6, 6.07) is 5.03. The van der Waals surface area contributed by atoms with Crippen molar-refractivity contribution in [3.63, 3.8) is 0 Å². The molecule has 140 valence electrons. The molecule has 1 aliphatic heterocycles. The Balaban J connectivity index is 1.76. The number of nitrogens with one attached hydrogen (secondary N) is 1. The molecule has 8 heteroatoms. The maximum Gasteiger partial charge on any atom is 0.329 e. The number of aliphatic carboxylic acids is 1. The van der Waals surface area contributed by atoms with Crippen LogP contribution in [0.15, 0.2) is 22.6 Å². The molecule has 2 atom stereocenters. The fourth-order valence-corrected chi connectivity index (χ4v) is 3.00. The Hall–Kier alpha value is -2.58. The van der Waals surface area contributed by atoms with Gasteiger partial charge in [0.05, 0.1) is 19.8 Å². The number of ether oxygens (including phenoxy) is 3.